The fourth-order valence-corrected chi connectivity index (χ4v) is 5.25. The van der Waals surface area contributed by atoms with Gasteiger partial charge in [0.15, 0.2) is 0 Å². The smallest absolute Gasteiger partial charge is 0.0158 e. The molecule has 0 N–H and O–H groups in total. The molecule has 2 aromatic rings. The summed E-state index contributed by atoms with van der Waals surface area (Å²) in [6, 6.07) is 17.5. The SMILES string of the molecule is C=C1/C(=C\C(=C/C)C2=c3ccccc3=C(I)CC2)C(C)(C)c2ccccc21. The van der Waals surface area contributed by atoms with E-state index in [0.717, 1.165) is 12.8 Å². The van der Waals surface area contributed by atoms with E-state index < -0.39 is 0 Å². The molecule has 0 atom stereocenters. The Bertz CT molecular complexity index is 1120. The zero-order valence-corrected chi connectivity index (χ0v) is 18.4. The Morgan fingerprint density at radius 1 is 1.00 bits per heavy atom. The van der Waals surface area contributed by atoms with Crippen LogP contribution in [0.5, 0.6) is 0 Å². The molecule has 0 saturated heterocycles. The number of hydrogen-bond acceptors (Lipinski definition) is 0. The van der Waals surface area contributed by atoms with Gasteiger partial charge < -0.3 is 0 Å². The molecule has 0 aromatic heterocycles. The highest BCUT2D eigenvalue weighted by Crippen LogP contribution is 2.49. The van der Waals surface area contributed by atoms with Crippen LogP contribution in [0.2, 0.25) is 0 Å². The van der Waals surface area contributed by atoms with E-state index in [4.69, 9.17) is 0 Å². The molecule has 4 rings (SSSR count). The number of fused-ring (bicyclic) bond motifs is 2. The van der Waals surface area contributed by atoms with Crippen LogP contribution in [0.3, 0.4) is 0 Å². The summed E-state index contributed by atoms with van der Waals surface area (Å²) in [5.41, 5.74) is 7.96. The Morgan fingerprint density at radius 3 is 2.37 bits per heavy atom. The summed E-state index contributed by atoms with van der Waals surface area (Å²) in [4.78, 5) is 0. The van der Waals surface area contributed by atoms with Crippen molar-refractivity contribution < 1.29 is 0 Å². The van der Waals surface area contributed by atoms with Crippen LogP contribution < -0.4 is 10.4 Å². The average Bonchev–Trinajstić information content (AvgIpc) is 2.87. The zero-order chi connectivity index (χ0) is 19.2. The van der Waals surface area contributed by atoms with E-state index in [9.17, 15) is 0 Å². The summed E-state index contributed by atoms with van der Waals surface area (Å²) in [6.45, 7) is 11.2. The molecule has 0 unspecified atom stereocenters. The third kappa shape index (κ3) is 2.97. The van der Waals surface area contributed by atoms with Crippen LogP contribution in [0, 0.1) is 0 Å². The molecule has 0 radical (unpaired) electrons. The number of halogens is 1. The van der Waals surface area contributed by atoms with E-state index in [0.29, 0.717) is 0 Å². The largest absolute Gasteiger partial charge is 0.0908 e. The highest BCUT2D eigenvalue weighted by Gasteiger charge is 2.37. The predicted octanol–water partition coefficient (Wildman–Crippen LogP) is 6.05. The van der Waals surface area contributed by atoms with Gasteiger partial charge in [0.2, 0.25) is 0 Å². The average molecular weight is 464 g/mol. The molecule has 0 aliphatic heterocycles. The van der Waals surface area contributed by atoms with Crippen LogP contribution in [-0.4, -0.2) is 0 Å². The van der Waals surface area contributed by atoms with Crippen LogP contribution in [0.1, 0.15) is 44.7 Å². The van der Waals surface area contributed by atoms with Gasteiger partial charge in [0, 0.05) is 5.41 Å². The molecular formula is C26H25I. The van der Waals surface area contributed by atoms with Crippen molar-refractivity contribution in [2.24, 2.45) is 0 Å². The molecule has 0 spiro atoms. The third-order valence-corrected chi connectivity index (χ3v) is 7.14. The number of benzene rings is 2. The first-order chi connectivity index (χ1) is 12.9. The van der Waals surface area contributed by atoms with Gasteiger partial charge in [-0.25, -0.2) is 0 Å². The van der Waals surface area contributed by atoms with Crippen molar-refractivity contribution in [2.45, 2.75) is 39.0 Å². The first kappa shape index (κ1) is 18.5. The molecule has 2 aromatic carbocycles. The molecule has 0 nitrogen and oxygen atoms in total. The lowest BCUT2D eigenvalue weighted by atomic mass is 9.80. The van der Waals surface area contributed by atoms with Gasteiger partial charge in [-0.15, -0.1) is 0 Å². The molecule has 0 heterocycles. The highest BCUT2D eigenvalue weighted by atomic mass is 127. The second-order valence-electron chi connectivity index (χ2n) is 7.88. The van der Waals surface area contributed by atoms with Gasteiger partial charge in [-0.05, 0) is 89.8 Å². The summed E-state index contributed by atoms with van der Waals surface area (Å²) in [6.07, 6.45) is 6.88. The molecule has 0 bridgehead atoms. The summed E-state index contributed by atoms with van der Waals surface area (Å²) in [7, 11) is 0. The van der Waals surface area contributed by atoms with Crippen molar-refractivity contribution in [3.05, 3.63) is 100.0 Å². The van der Waals surface area contributed by atoms with Gasteiger partial charge in [-0.3, -0.25) is 0 Å². The maximum Gasteiger partial charge on any atom is 0.0158 e. The minimum absolute atomic E-state index is 0.0166. The summed E-state index contributed by atoms with van der Waals surface area (Å²) >= 11 is 2.51. The Kier molecular flexibility index (Phi) is 4.75. The second-order valence-corrected chi connectivity index (χ2v) is 9.18. The van der Waals surface area contributed by atoms with Crippen LogP contribution in [-0.2, 0) is 5.41 Å². The highest BCUT2D eigenvalue weighted by molar-refractivity contribution is 14.1. The van der Waals surface area contributed by atoms with Crippen LogP contribution >= 0.6 is 22.6 Å². The summed E-state index contributed by atoms with van der Waals surface area (Å²) in [5.74, 6) is 0. The van der Waals surface area contributed by atoms with Crippen molar-refractivity contribution in [1.29, 1.82) is 0 Å². The van der Waals surface area contributed by atoms with Crippen molar-refractivity contribution in [1.82, 2.24) is 0 Å². The first-order valence-electron chi connectivity index (χ1n) is 9.60. The summed E-state index contributed by atoms with van der Waals surface area (Å²) < 4.78 is 1.47. The molecule has 2 aliphatic carbocycles. The fraction of sp³-hybridized carbons (Fsp3) is 0.231. The Balaban J connectivity index is 1.91. The molecule has 0 fully saturated rings. The van der Waals surface area contributed by atoms with E-state index in [1.54, 1.807) is 0 Å². The molecule has 1 heteroatoms. The number of hydrogen-bond donors (Lipinski definition) is 0. The zero-order valence-electron chi connectivity index (χ0n) is 16.3. The molecule has 0 saturated carbocycles. The maximum atomic E-state index is 4.45. The topological polar surface area (TPSA) is 0 Å². The fourth-order valence-electron chi connectivity index (χ4n) is 4.51. The summed E-state index contributed by atoms with van der Waals surface area (Å²) in [5, 5.41) is 2.78. The van der Waals surface area contributed by atoms with Crippen molar-refractivity contribution >= 4 is 37.3 Å². The monoisotopic (exact) mass is 464 g/mol. The Labute approximate surface area is 175 Å². The van der Waals surface area contributed by atoms with E-state index >= 15 is 0 Å². The molecule has 0 amide bonds. The van der Waals surface area contributed by atoms with Crippen LogP contribution in [0.4, 0.5) is 0 Å². The quantitative estimate of drug-likeness (QED) is 0.475. The van der Waals surface area contributed by atoms with Crippen LogP contribution in [0.25, 0.3) is 14.7 Å². The first-order valence-corrected chi connectivity index (χ1v) is 10.7. The molecule has 27 heavy (non-hydrogen) atoms. The van der Waals surface area contributed by atoms with Gasteiger partial charge in [-0.2, -0.15) is 0 Å². The van der Waals surface area contributed by atoms with Gasteiger partial charge >= 0.3 is 0 Å². The van der Waals surface area contributed by atoms with E-state index in [2.05, 4.69) is 111 Å². The van der Waals surface area contributed by atoms with Gasteiger partial charge in [-0.1, -0.05) is 81.1 Å². The minimum atomic E-state index is -0.0166. The van der Waals surface area contributed by atoms with Gasteiger partial charge in [0.1, 0.15) is 0 Å². The van der Waals surface area contributed by atoms with E-state index in [-0.39, 0.29) is 5.41 Å². The predicted molar refractivity (Wildman–Crippen MR) is 126 cm³/mol. The number of rotatable bonds is 2. The van der Waals surface area contributed by atoms with Gasteiger partial charge in [0.25, 0.3) is 0 Å². The second kappa shape index (κ2) is 6.94. The normalized spacial score (nSPS) is 20.1. The Morgan fingerprint density at radius 2 is 1.67 bits per heavy atom. The number of allylic oxidation sites excluding steroid dienone is 5. The molecular weight excluding hydrogens is 439 g/mol. The maximum absolute atomic E-state index is 4.45. The van der Waals surface area contributed by atoms with E-state index in [1.807, 2.05) is 0 Å². The van der Waals surface area contributed by atoms with E-state index in [1.165, 1.54) is 47.4 Å². The third-order valence-electron chi connectivity index (χ3n) is 6.02. The van der Waals surface area contributed by atoms with Crippen LogP contribution in [0.15, 0.2) is 78.4 Å². The van der Waals surface area contributed by atoms with Crippen molar-refractivity contribution in [3.63, 3.8) is 0 Å². The lowest BCUT2D eigenvalue weighted by Gasteiger charge is -2.23. The van der Waals surface area contributed by atoms with Crippen molar-refractivity contribution in [2.75, 3.05) is 0 Å². The van der Waals surface area contributed by atoms with Crippen molar-refractivity contribution in [3.8, 4) is 0 Å². The van der Waals surface area contributed by atoms with Gasteiger partial charge in [0.05, 0.1) is 0 Å². The molecule has 136 valence electrons. The minimum Gasteiger partial charge on any atom is -0.0908 e. The standard InChI is InChI=1S/C26H25I/c1-5-18(20-14-15-25(27)22-12-7-6-11-21(20)22)16-24-17(2)19-10-8-9-13-23(19)26(24,3)4/h5-13,16H,2,14-15H2,1,3-4H3/b18-5+,24-16+. The lowest BCUT2D eigenvalue weighted by molar-refractivity contribution is 0.660. The Hall–Kier alpha value is -1.87. The molecule has 2 aliphatic rings. The lowest BCUT2D eigenvalue weighted by Crippen LogP contribution is -2.31.